The lowest BCUT2D eigenvalue weighted by atomic mass is 10.2. The van der Waals surface area contributed by atoms with E-state index in [1.54, 1.807) is 31.3 Å². The normalized spacial score (nSPS) is 11.8. The Bertz CT molecular complexity index is 639. The van der Waals surface area contributed by atoms with E-state index in [4.69, 9.17) is 16.3 Å². The van der Waals surface area contributed by atoms with Gasteiger partial charge in [0.1, 0.15) is 11.4 Å². The topological polar surface area (TPSA) is 97.2 Å². The zero-order valence-electron chi connectivity index (χ0n) is 11.9. The lowest BCUT2D eigenvalue weighted by Gasteiger charge is -2.18. The van der Waals surface area contributed by atoms with Crippen LogP contribution in [-0.4, -0.2) is 39.2 Å². The Morgan fingerprint density at radius 1 is 1.45 bits per heavy atom. The second-order valence-electron chi connectivity index (χ2n) is 4.26. The molecule has 2 aromatic rings. The third-order valence-electron chi connectivity index (χ3n) is 2.79. The Hall–Kier alpha value is -2.25. The summed E-state index contributed by atoms with van der Waals surface area (Å²) in [5, 5.41) is 12.5. The second-order valence-corrected chi connectivity index (χ2v) is 4.59. The fourth-order valence-corrected chi connectivity index (χ4v) is 1.92. The molecule has 0 aliphatic rings. The van der Waals surface area contributed by atoms with Crippen molar-refractivity contribution in [2.45, 2.75) is 13.0 Å². The van der Waals surface area contributed by atoms with E-state index in [0.29, 0.717) is 5.69 Å². The zero-order chi connectivity index (χ0) is 15.9. The summed E-state index contributed by atoms with van der Waals surface area (Å²) in [4.78, 5) is 23.9. The summed E-state index contributed by atoms with van der Waals surface area (Å²) in [5.41, 5.74) is 0.746. The monoisotopic (exact) mass is 322 g/mol. The maximum absolute atomic E-state index is 11.9. The van der Waals surface area contributed by atoms with E-state index in [2.05, 4.69) is 20.3 Å². The molecule has 2 rings (SSSR count). The summed E-state index contributed by atoms with van der Waals surface area (Å²) < 4.78 is 4.95. The molecule has 0 radical (unpaired) electrons. The van der Waals surface area contributed by atoms with Crippen LogP contribution in [0.4, 0.5) is 5.82 Å². The van der Waals surface area contributed by atoms with Crippen LogP contribution in [0.1, 0.15) is 29.0 Å². The molecule has 0 aliphatic heterocycles. The lowest BCUT2D eigenvalue weighted by Crippen LogP contribution is -2.20. The molecule has 116 valence electrons. The van der Waals surface area contributed by atoms with Gasteiger partial charge in [0.25, 0.3) is 0 Å². The predicted molar refractivity (Wildman–Crippen MR) is 80.7 cm³/mol. The summed E-state index contributed by atoms with van der Waals surface area (Å²) in [6.45, 7) is 1.69. The van der Waals surface area contributed by atoms with Crippen LogP contribution >= 0.6 is 11.6 Å². The molecule has 2 N–H and O–H groups in total. The van der Waals surface area contributed by atoms with E-state index in [1.165, 1.54) is 6.20 Å². The fourth-order valence-electron chi connectivity index (χ4n) is 1.79. The summed E-state index contributed by atoms with van der Waals surface area (Å²) >= 11 is 5.78. The van der Waals surface area contributed by atoms with Crippen LogP contribution in [0.25, 0.3) is 0 Å². The number of hydrogen-bond donors (Lipinski definition) is 2. The average Bonchev–Trinajstić information content (AvgIpc) is 2.53. The minimum Gasteiger partial charge on any atom is -0.462 e. The number of aliphatic hydroxyl groups is 1. The summed E-state index contributed by atoms with van der Waals surface area (Å²) in [5.74, 6) is -0.387. The molecule has 0 spiro atoms. The summed E-state index contributed by atoms with van der Waals surface area (Å²) in [6, 6.07) is 4.77. The van der Waals surface area contributed by atoms with Crippen LogP contribution in [0.5, 0.6) is 0 Å². The number of esters is 1. The van der Waals surface area contributed by atoms with Crippen LogP contribution in [0, 0.1) is 0 Å². The Morgan fingerprint density at radius 2 is 2.27 bits per heavy atom. The Labute approximate surface area is 132 Å². The number of aliphatic hydroxyl groups excluding tert-OH is 1. The van der Waals surface area contributed by atoms with Crippen molar-refractivity contribution in [3.8, 4) is 0 Å². The van der Waals surface area contributed by atoms with Gasteiger partial charge in [-0.3, -0.25) is 4.98 Å². The molecule has 0 aromatic carbocycles. The van der Waals surface area contributed by atoms with Crippen molar-refractivity contribution in [1.82, 2.24) is 15.0 Å². The number of aromatic nitrogens is 3. The quantitative estimate of drug-likeness (QED) is 0.618. The van der Waals surface area contributed by atoms with Gasteiger partial charge in [-0.2, -0.15) is 4.98 Å². The fraction of sp³-hybridized carbons (Fsp3) is 0.286. The molecular weight excluding hydrogens is 308 g/mol. The number of nitrogens with one attached hydrogen (secondary N) is 1. The highest BCUT2D eigenvalue weighted by Crippen LogP contribution is 2.21. The van der Waals surface area contributed by atoms with E-state index >= 15 is 0 Å². The molecule has 0 aliphatic carbocycles. The van der Waals surface area contributed by atoms with Gasteiger partial charge in [0, 0.05) is 12.4 Å². The van der Waals surface area contributed by atoms with Gasteiger partial charge in [-0.05, 0) is 30.7 Å². The first-order chi connectivity index (χ1) is 10.7. The van der Waals surface area contributed by atoms with Gasteiger partial charge in [-0.25, -0.2) is 9.78 Å². The predicted octanol–water partition coefficient (Wildman–Crippen LogP) is 1.85. The first-order valence-electron chi connectivity index (χ1n) is 6.63. The third kappa shape index (κ3) is 3.90. The van der Waals surface area contributed by atoms with E-state index in [9.17, 15) is 9.90 Å². The van der Waals surface area contributed by atoms with Crippen LogP contribution < -0.4 is 5.32 Å². The van der Waals surface area contributed by atoms with Crippen molar-refractivity contribution in [3.05, 3.63) is 47.1 Å². The standard InChI is InChI=1S/C14H15ClN4O3/c1-2-22-13(21)9-7-17-14(15)19-12(9)18-11(8-20)10-5-3-4-6-16-10/h3-7,11,20H,2,8H2,1H3,(H,17,18,19)/t11-/m1/s1. The number of rotatable bonds is 6. The number of anilines is 1. The lowest BCUT2D eigenvalue weighted by molar-refractivity contribution is 0.0526. The second kappa shape index (κ2) is 7.67. The Kier molecular flexibility index (Phi) is 5.62. The molecule has 2 heterocycles. The summed E-state index contributed by atoms with van der Waals surface area (Å²) in [6.07, 6.45) is 2.89. The molecular formula is C14H15ClN4O3. The van der Waals surface area contributed by atoms with Gasteiger partial charge in [0.2, 0.25) is 5.28 Å². The Morgan fingerprint density at radius 3 is 2.91 bits per heavy atom. The van der Waals surface area contributed by atoms with Crippen LogP contribution in [-0.2, 0) is 4.74 Å². The van der Waals surface area contributed by atoms with Crippen molar-refractivity contribution in [1.29, 1.82) is 0 Å². The van der Waals surface area contributed by atoms with Crippen LogP contribution in [0.3, 0.4) is 0 Å². The van der Waals surface area contributed by atoms with Gasteiger partial charge in [-0.15, -0.1) is 0 Å². The van der Waals surface area contributed by atoms with E-state index in [-0.39, 0.29) is 29.9 Å². The molecule has 0 amide bonds. The van der Waals surface area contributed by atoms with E-state index in [0.717, 1.165) is 0 Å². The SMILES string of the molecule is CCOC(=O)c1cnc(Cl)nc1N[C@H](CO)c1ccccn1. The first-order valence-corrected chi connectivity index (χ1v) is 7.01. The van der Waals surface area contributed by atoms with Crippen molar-refractivity contribution in [2.75, 3.05) is 18.5 Å². The number of carbonyl (C=O) groups excluding carboxylic acids is 1. The smallest absolute Gasteiger partial charge is 0.343 e. The highest BCUT2D eigenvalue weighted by atomic mass is 35.5. The largest absolute Gasteiger partial charge is 0.462 e. The van der Waals surface area contributed by atoms with Crippen molar-refractivity contribution < 1.29 is 14.6 Å². The molecule has 0 saturated heterocycles. The maximum Gasteiger partial charge on any atom is 0.343 e. The number of halogens is 1. The molecule has 2 aromatic heterocycles. The first kappa shape index (κ1) is 16.1. The molecule has 7 nitrogen and oxygen atoms in total. The molecule has 0 unspecified atom stereocenters. The number of ether oxygens (including phenoxy) is 1. The van der Waals surface area contributed by atoms with E-state index in [1.807, 2.05) is 0 Å². The number of pyridine rings is 1. The van der Waals surface area contributed by atoms with Crippen molar-refractivity contribution in [3.63, 3.8) is 0 Å². The average molecular weight is 323 g/mol. The minimum atomic E-state index is -0.570. The number of carbonyl (C=O) groups is 1. The minimum absolute atomic E-state index is 0.0201. The van der Waals surface area contributed by atoms with Crippen LogP contribution in [0.15, 0.2) is 30.6 Å². The molecule has 22 heavy (non-hydrogen) atoms. The Balaban J connectivity index is 2.30. The third-order valence-corrected chi connectivity index (χ3v) is 2.98. The van der Waals surface area contributed by atoms with Crippen molar-refractivity contribution in [2.24, 2.45) is 0 Å². The van der Waals surface area contributed by atoms with Gasteiger partial charge >= 0.3 is 5.97 Å². The van der Waals surface area contributed by atoms with E-state index < -0.39 is 12.0 Å². The van der Waals surface area contributed by atoms with Gasteiger partial charge < -0.3 is 15.2 Å². The van der Waals surface area contributed by atoms with Crippen molar-refractivity contribution >= 4 is 23.4 Å². The molecule has 0 bridgehead atoms. The molecule has 0 saturated carbocycles. The number of hydrogen-bond acceptors (Lipinski definition) is 7. The van der Waals surface area contributed by atoms with Gasteiger partial charge in [-0.1, -0.05) is 6.07 Å². The zero-order valence-corrected chi connectivity index (χ0v) is 12.6. The molecule has 0 fully saturated rings. The highest BCUT2D eigenvalue weighted by molar-refractivity contribution is 6.28. The van der Waals surface area contributed by atoms with Gasteiger partial charge in [0.05, 0.1) is 24.9 Å². The molecule has 1 atom stereocenters. The highest BCUT2D eigenvalue weighted by Gasteiger charge is 2.19. The van der Waals surface area contributed by atoms with Crippen LogP contribution in [0.2, 0.25) is 5.28 Å². The maximum atomic E-state index is 11.9. The number of nitrogens with zero attached hydrogens (tertiary/aromatic N) is 3. The van der Waals surface area contributed by atoms with Gasteiger partial charge in [0.15, 0.2) is 0 Å². The molecule has 8 heteroatoms. The summed E-state index contributed by atoms with van der Waals surface area (Å²) in [7, 11) is 0.